The summed E-state index contributed by atoms with van der Waals surface area (Å²) in [6.07, 6.45) is -0.762. The van der Waals surface area contributed by atoms with Crippen molar-refractivity contribution in [3.63, 3.8) is 0 Å². The smallest absolute Gasteiger partial charge is 0.340 e. The molecule has 0 aromatic heterocycles. The fraction of sp³-hybridized carbons (Fsp3) is 0.579. The van der Waals surface area contributed by atoms with Gasteiger partial charge in [-0.25, -0.2) is 4.39 Å². The van der Waals surface area contributed by atoms with Gasteiger partial charge >= 0.3 is 7.60 Å². The van der Waals surface area contributed by atoms with E-state index in [1.54, 1.807) is 13.8 Å². The van der Waals surface area contributed by atoms with Crippen LogP contribution in [-0.2, 0) is 23.1 Å². The number of halogens is 1. The lowest BCUT2D eigenvalue weighted by Gasteiger charge is -2.33. The van der Waals surface area contributed by atoms with Gasteiger partial charge in [0, 0.05) is 12.6 Å². The lowest BCUT2D eigenvalue weighted by atomic mass is 10.1. The first kappa shape index (κ1) is 23.5. The van der Waals surface area contributed by atoms with Crippen LogP contribution < -0.4 is 4.74 Å². The molecule has 0 radical (unpaired) electrons. The van der Waals surface area contributed by atoms with Gasteiger partial charge in [0.25, 0.3) is 0 Å². The number of nitrogens with zero attached hydrogens (tertiary/aromatic N) is 1. The topological polar surface area (TPSA) is 91.4 Å². The van der Waals surface area contributed by atoms with Gasteiger partial charge < -0.3 is 23.4 Å². The lowest BCUT2D eigenvalue weighted by Crippen LogP contribution is -2.48. The third kappa shape index (κ3) is 6.89. The Kier molecular flexibility index (Phi) is 8.77. The normalized spacial score (nSPS) is 17.2. The molecular weight excluding hydrogens is 404 g/mol. The molecule has 2 rings (SSSR count). The Morgan fingerprint density at radius 3 is 2.55 bits per heavy atom. The predicted molar refractivity (Wildman–Crippen MR) is 104 cm³/mol. The van der Waals surface area contributed by atoms with Crippen LogP contribution in [0.5, 0.6) is 5.75 Å². The summed E-state index contributed by atoms with van der Waals surface area (Å²) < 4.78 is 47.9. The highest BCUT2D eigenvalue weighted by Crippen LogP contribution is 2.48. The average Bonchev–Trinajstić information content (AvgIpc) is 2.66. The van der Waals surface area contributed by atoms with Crippen LogP contribution in [0.4, 0.5) is 4.39 Å². The maximum Gasteiger partial charge on any atom is 0.340 e. The number of carbonyl (C=O) groups excluding carboxylic acids is 2. The highest BCUT2D eigenvalue weighted by atomic mass is 31.2. The van der Waals surface area contributed by atoms with E-state index >= 15 is 0 Å². The van der Waals surface area contributed by atoms with E-state index in [0.717, 1.165) is 6.07 Å². The number of morpholine rings is 1. The van der Waals surface area contributed by atoms with E-state index in [1.807, 2.05) is 0 Å². The monoisotopic (exact) mass is 431 g/mol. The first-order valence-corrected chi connectivity index (χ1v) is 11.2. The summed E-state index contributed by atoms with van der Waals surface area (Å²) in [5.74, 6) is -1.11. The van der Waals surface area contributed by atoms with Gasteiger partial charge in [-0.15, -0.1) is 0 Å². The molecule has 1 atom stereocenters. The van der Waals surface area contributed by atoms with E-state index < -0.39 is 19.5 Å². The summed E-state index contributed by atoms with van der Waals surface area (Å²) in [5, 5.41) is 0. The molecule has 1 aliphatic heterocycles. The van der Waals surface area contributed by atoms with Gasteiger partial charge in [0.2, 0.25) is 5.91 Å². The zero-order chi connectivity index (χ0) is 21.4. The zero-order valence-electron chi connectivity index (χ0n) is 16.9. The van der Waals surface area contributed by atoms with Crippen LogP contribution in [0, 0.1) is 5.82 Å². The van der Waals surface area contributed by atoms with Gasteiger partial charge in [-0.05, 0) is 32.9 Å². The van der Waals surface area contributed by atoms with Crippen LogP contribution in [-0.4, -0.2) is 68.4 Å². The number of hydrogen-bond donors (Lipinski definition) is 0. The highest BCUT2D eigenvalue weighted by molar-refractivity contribution is 7.54. The molecule has 1 saturated heterocycles. The lowest BCUT2D eigenvalue weighted by molar-refractivity contribution is -0.137. The minimum absolute atomic E-state index is 0.00364. The standard InChI is InChI=1S/C19H27FNO7P/c1-4-27-29(24,28-5-2)13-19(23)21-8-9-25-16(11-21)12-26-15-6-7-17(14(3)22)18(20)10-15/h6-7,10,16H,4-5,8-9,11-13H2,1-3H3. The first-order chi connectivity index (χ1) is 13.8. The largest absolute Gasteiger partial charge is 0.491 e. The molecule has 0 N–H and O–H groups in total. The van der Waals surface area contributed by atoms with Crippen molar-refractivity contribution >= 4 is 19.3 Å². The molecule has 8 nitrogen and oxygen atoms in total. The minimum Gasteiger partial charge on any atom is -0.491 e. The number of Topliss-reactive ketones (excluding diaryl/α,β-unsaturated/α-hetero) is 1. The zero-order valence-corrected chi connectivity index (χ0v) is 17.8. The fourth-order valence-electron chi connectivity index (χ4n) is 2.89. The van der Waals surface area contributed by atoms with Crippen molar-refractivity contribution in [1.82, 2.24) is 4.90 Å². The minimum atomic E-state index is -3.48. The van der Waals surface area contributed by atoms with Gasteiger partial charge in [-0.1, -0.05) is 0 Å². The Hall–Kier alpha value is -1.80. The summed E-state index contributed by atoms with van der Waals surface area (Å²) in [4.78, 5) is 25.4. The SMILES string of the molecule is CCOP(=O)(CC(=O)N1CCOC(COc2ccc(C(C)=O)c(F)c2)C1)OCC. The van der Waals surface area contributed by atoms with Crippen LogP contribution in [0.15, 0.2) is 18.2 Å². The number of benzene rings is 1. The van der Waals surface area contributed by atoms with Crippen LogP contribution in [0.25, 0.3) is 0 Å². The van der Waals surface area contributed by atoms with Gasteiger partial charge in [-0.3, -0.25) is 14.2 Å². The van der Waals surface area contributed by atoms with Crippen molar-refractivity contribution in [1.29, 1.82) is 0 Å². The van der Waals surface area contributed by atoms with Gasteiger partial charge in [0.1, 0.15) is 30.4 Å². The van der Waals surface area contributed by atoms with Crippen molar-refractivity contribution in [3.05, 3.63) is 29.6 Å². The Morgan fingerprint density at radius 2 is 1.97 bits per heavy atom. The molecule has 0 saturated carbocycles. The van der Waals surface area contributed by atoms with Crippen molar-refractivity contribution in [2.24, 2.45) is 0 Å². The Bertz CT molecular complexity index is 763. The molecule has 10 heteroatoms. The molecule has 1 heterocycles. The average molecular weight is 431 g/mol. The number of rotatable bonds is 10. The maximum absolute atomic E-state index is 13.9. The van der Waals surface area contributed by atoms with E-state index in [-0.39, 0.29) is 55.5 Å². The van der Waals surface area contributed by atoms with E-state index in [2.05, 4.69) is 0 Å². The molecule has 1 fully saturated rings. The Balaban J connectivity index is 1.91. The number of hydrogen-bond acceptors (Lipinski definition) is 7. The summed E-state index contributed by atoms with van der Waals surface area (Å²) >= 11 is 0. The van der Waals surface area contributed by atoms with Crippen molar-refractivity contribution in [2.75, 3.05) is 45.7 Å². The molecule has 0 spiro atoms. The third-order valence-electron chi connectivity index (χ3n) is 4.23. The quantitative estimate of drug-likeness (QED) is 0.416. The molecule has 1 aliphatic rings. The van der Waals surface area contributed by atoms with Crippen LogP contribution >= 0.6 is 7.60 Å². The number of ketones is 1. The third-order valence-corrected chi connectivity index (χ3v) is 6.19. The van der Waals surface area contributed by atoms with Crippen LogP contribution in [0.2, 0.25) is 0 Å². The molecule has 1 amide bonds. The molecule has 162 valence electrons. The molecule has 1 unspecified atom stereocenters. The van der Waals surface area contributed by atoms with Gasteiger partial charge in [-0.2, -0.15) is 0 Å². The van der Waals surface area contributed by atoms with Crippen molar-refractivity contribution < 1.29 is 37.1 Å². The highest BCUT2D eigenvalue weighted by Gasteiger charge is 2.32. The molecule has 1 aromatic rings. The summed E-state index contributed by atoms with van der Waals surface area (Å²) in [6, 6.07) is 4.01. The van der Waals surface area contributed by atoms with E-state index in [9.17, 15) is 18.5 Å². The fourth-order valence-corrected chi connectivity index (χ4v) is 4.47. The van der Waals surface area contributed by atoms with E-state index in [4.69, 9.17) is 18.5 Å². The number of ether oxygens (including phenoxy) is 2. The van der Waals surface area contributed by atoms with Crippen LogP contribution in [0.1, 0.15) is 31.1 Å². The second-order valence-corrected chi connectivity index (χ2v) is 8.50. The maximum atomic E-state index is 13.9. The number of carbonyl (C=O) groups is 2. The predicted octanol–water partition coefficient (Wildman–Crippen LogP) is 2.90. The van der Waals surface area contributed by atoms with Gasteiger partial charge in [0.05, 0.1) is 31.9 Å². The molecule has 29 heavy (non-hydrogen) atoms. The Morgan fingerprint density at radius 1 is 1.28 bits per heavy atom. The van der Waals surface area contributed by atoms with Crippen LogP contribution in [0.3, 0.4) is 0 Å². The van der Waals surface area contributed by atoms with Gasteiger partial charge in [0.15, 0.2) is 5.78 Å². The molecule has 0 bridgehead atoms. The second-order valence-electron chi connectivity index (χ2n) is 6.45. The summed E-state index contributed by atoms with van der Waals surface area (Å²) in [5.41, 5.74) is -0.00364. The van der Waals surface area contributed by atoms with Crippen molar-refractivity contribution in [3.8, 4) is 5.75 Å². The molecule has 0 aliphatic carbocycles. The van der Waals surface area contributed by atoms with E-state index in [0.29, 0.717) is 13.2 Å². The summed E-state index contributed by atoms with van der Waals surface area (Å²) in [6.45, 7) is 6.01. The number of amides is 1. The molecular formula is C19H27FNO7P. The molecule has 1 aromatic carbocycles. The summed E-state index contributed by atoms with van der Waals surface area (Å²) in [7, 11) is -3.48. The van der Waals surface area contributed by atoms with E-state index in [1.165, 1.54) is 24.0 Å². The van der Waals surface area contributed by atoms with Crippen molar-refractivity contribution in [2.45, 2.75) is 26.9 Å². The first-order valence-electron chi connectivity index (χ1n) is 9.48. The second kappa shape index (κ2) is 10.8. The Labute approximate surface area is 169 Å².